The van der Waals surface area contributed by atoms with Crippen LogP contribution in [-0.2, 0) is 6.42 Å². The zero-order valence-corrected chi connectivity index (χ0v) is 11.8. The van der Waals surface area contributed by atoms with Gasteiger partial charge < -0.3 is 10.1 Å². The van der Waals surface area contributed by atoms with Crippen LogP contribution in [0.4, 0.5) is 4.39 Å². The molecule has 0 saturated carbocycles. The van der Waals surface area contributed by atoms with Gasteiger partial charge in [-0.25, -0.2) is 4.39 Å². The number of halogens is 1. The normalized spacial score (nSPS) is 12.2. The van der Waals surface area contributed by atoms with Crippen molar-refractivity contribution in [1.29, 1.82) is 0 Å². The maximum atomic E-state index is 13.5. The zero-order valence-electron chi connectivity index (χ0n) is 11.8. The van der Waals surface area contributed by atoms with Crippen molar-refractivity contribution in [2.75, 3.05) is 13.7 Å². The first-order valence-electron chi connectivity index (χ1n) is 6.70. The number of pyridine rings is 1. The van der Waals surface area contributed by atoms with Gasteiger partial charge in [0.1, 0.15) is 0 Å². The van der Waals surface area contributed by atoms with Gasteiger partial charge in [-0.1, -0.05) is 19.1 Å². The third-order valence-corrected chi connectivity index (χ3v) is 3.19. The van der Waals surface area contributed by atoms with Gasteiger partial charge in [0, 0.05) is 18.4 Å². The van der Waals surface area contributed by atoms with Gasteiger partial charge in [0.15, 0.2) is 11.6 Å². The van der Waals surface area contributed by atoms with Crippen LogP contribution >= 0.6 is 0 Å². The molecule has 1 aromatic carbocycles. The molecule has 0 fully saturated rings. The van der Waals surface area contributed by atoms with Crippen LogP contribution in [0.2, 0.25) is 0 Å². The SMILES string of the molecule is CCNC(Cc1cccnc1)c1ccc(F)c(OC)c1. The third-order valence-electron chi connectivity index (χ3n) is 3.19. The Labute approximate surface area is 118 Å². The summed E-state index contributed by atoms with van der Waals surface area (Å²) in [4.78, 5) is 4.13. The van der Waals surface area contributed by atoms with E-state index in [9.17, 15) is 4.39 Å². The molecule has 0 amide bonds. The molecule has 0 saturated heterocycles. The highest BCUT2D eigenvalue weighted by Crippen LogP contribution is 2.24. The Kier molecular flexibility index (Phi) is 5.07. The molecule has 1 N–H and O–H groups in total. The van der Waals surface area contributed by atoms with Crippen LogP contribution in [0.5, 0.6) is 5.75 Å². The van der Waals surface area contributed by atoms with Gasteiger partial charge in [-0.3, -0.25) is 4.98 Å². The van der Waals surface area contributed by atoms with Gasteiger partial charge in [-0.05, 0) is 42.3 Å². The molecule has 106 valence electrons. The zero-order chi connectivity index (χ0) is 14.4. The largest absolute Gasteiger partial charge is 0.494 e. The molecule has 4 heteroatoms. The Morgan fingerprint density at radius 2 is 2.20 bits per heavy atom. The maximum absolute atomic E-state index is 13.5. The number of benzene rings is 1. The first-order valence-corrected chi connectivity index (χ1v) is 6.70. The van der Waals surface area contributed by atoms with E-state index in [0.29, 0.717) is 0 Å². The summed E-state index contributed by atoms with van der Waals surface area (Å²) in [5.74, 6) is -0.0653. The second kappa shape index (κ2) is 7.01. The molecule has 0 bridgehead atoms. The molecule has 0 aliphatic carbocycles. The van der Waals surface area contributed by atoms with E-state index in [0.717, 1.165) is 24.1 Å². The van der Waals surface area contributed by atoms with Crippen molar-refractivity contribution in [1.82, 2.24) is 10.3 Å². The summed E-state index contributed by atoms with van der Waals surface area (Å²) in [7, 11) is 1.48. The van der Waals surface area contributed by atoms with Crippen LogP contribution in [0.15, 0.2) is 42.7 Å². The number of methoxy groups -OCH3 is 1. The number of likely N-dealkylation sites (N-methyl/N-ethyl adjacent to an activating group) is 1. The van der Waals surface area contributed by atoms with Crippen LogP contribution in [0.25, 0.3) is 0 Å². The maximum Gasteiger partial charge on any atom is 0.165 e. The summed E-state index contributed by atoms with van der Waals surface area (Å²) in [5.41, 5.74) is 2.15. The smallest absolute Gasteiger partial charge is 0.165 e. The van der Waals surface area contributed by atoms with Crippen molar-refractivity contribution in [2.45, 2.75) is 19.4 Å². The Balaban J connectivity index is 2.24. The minimum absolute atomic E-state index is 0.110. The molecule has 0 spiro atoms. The molecule has 1 heterocycles. The van der Waals surface area contributed by atoms with E-state index in [4.69, 9.17) is 4.74 Å². The minimum atomic E-state index is -0.340. The lowest BCUT2D eigenvalue weighted by atomic mass is 9.99. The fourth-order valence-corrected chi connectivity index (χ4v) is 2.20. The highest BCUT2D eigenvalue weighted by Gasteiger charge is 2.14. The van der Waals surface area contributed by atoms with Gasteiger partial charge in [-0.2, -0.15) is 0 Å². The van der Waals surface area contributed by atoms with Gasteiger partial charge in [0.25, 0.3) is 0 Å². The molecule has 1 aromatic heterocycles. The Morgan fingerprint density at radius 3 is 2.85 bits per heavy atom. The quantitative estimate of drug-likeness (QED) is 0.878. The monoisotopic (exact) mass is 274 g/mol. The van der Waals surface area contributed by atoms with Gasteiger partial charge in [-0.15, -0.1) is 0 Å². The fourth-order valence-electron chi connectivity index (χ4n) is 2.20. The Bertz CT molecular complexity index is 545. The summed E-state index contributed by atoms with van der Waals surface area (Å²) < 4.78 is 18.5. The summed E-state index contributed by atoms with van der Waals surface area (Å²) in [6.45, 7) is 2.89. The standard InChI is InChI=1S/C16H19FN2O/c1-3-19-15(9-12-5-4-8-18-11-12)13-6-7-14(17)16(10-13)20-2/h4-8,10-11,15,19H,3,9H2,1-2H3. The summed E-state index contributed by atoms with van der Waals surface area (Å²) in [6.07, 6.45) is 4.41. The average molecular weight is 274 g/mol. The second-order valence-electron chi connectivity index (χ2n) is 4.57. The topological polar surface area (TPSA) is 34.2 Å². The van der Waals surface area contributed by atoms with Crippen molar-refractivity contribution in [3.63, 3.8) is 0 Å². The average Bonchev–Trinajstić information content (AvgIpc) is 2.48. The van der Waals surface area contributed by atoms with Crippen LogP contribution in [0, 0.1) is 5.82 Å². The first kappa shape index (κ1) is 14.5. The van der Waals surface area contributed by atoms with Crippen molar-refractivity contribution in [3.05, 3.63) is 59.7 Å². The van der Waals surface area contributed by atoms with E-state index < -0.39 is 0 Å². The molecule has 2 rings (SSSR count). The van der Waals surface area contributed by atoms with E-state index in [2.05, 4.69) is 17.2 Å². The number of hydrogen-bond acceptors (Lipinski definition) is 3. The molecular formula is C16H19FN2O. The third kappa shape index (κ3) is 3.54. The summed E-state index contributed by atoms with van der Waals surface area (Å²) in [5, 5.41) is 3.41. The van der Waals surface area contributed by atoms with Gasteiger partial charge >= 0.3 is 0 Å². The van der Waals surface area contributed by atoms with E-state index >= 15 is 0 Å². The lowest BCUT2D eigenvalue weighted by molar-refractivity contribution is 0.384. The lowest BCUT2D eigenvalue weighted by Crippen LogP contribution is -2.23. The van der Waals surface area contributed by atoms with Crippen LogP contribution in [-0.4, -0.2) is 18.6 Å². The van der Waals surface area contributed by atoms with Crippen LogP contribution in [0.3, 0.4) is 0 Å². The van der Waals surface area contributed by atoms with E-state index in [1.165, 1.54) is 13.2 Å². The highest BCUT2D eigenvalue weighted by atomic mass is 19.1. The van der Waals surface area contributed by atoms with Gasteiger partial charge in [0.05, 0.1) is 7.11 Å². The predicted molar refractivity (Wildman–Crippen MR) is 77.3 cm³/mol. The highest BCUT2D eigenvalue weighted by molar-refractivity contribution is 5.33. The van der Waals surface area contributed by atoms with Gasteiger partial charge in [0.2, 0.25) is 0 Å². The molecule has 20 heavy (non-hydrogen) atoms. The molecular weight excluding hydrogens is 255 g/mol. The number of ether oxygens (including phenoxy) is 1. The van der Waals surface area contributed by atoms with Crippen LogP contribution in [0.1, 0.15) is 24.1 Å². The molecule has 0 aliphatic heterocycles. The number of rotatable bonds is 6. The van der Waals surface area contributed by atoms with Crippen molar-refractivity contribution in [3.8, 4) is 5.75 Å². The summed E-state index contributed by atoms with van der Waals surface area (Å²) in [6, 6.07) is 9.06. The number of aromatic nitrogens is 1. The second-order valence-corrected chi connectivity index (χ2v) is 4.57. The molecule has 1 unspecified atom stereocenters. The van der Waals surface area contributed by atoms with Crippen molar-refractivity contribution < 1.29 is 9.13 Å². The fraction of sp³-hybridized carbons (Fsp3) is 0.312. The number of nitrogens with zero attached hydrogens (tertiary/aromatic N) is 1. The number of nitrogens with one attached hydrogen (secondary N) is 1. The van der Waals surface area contributed by atoms with E-state index in [1.807, 2.05) is 18.3 Å². The van der Waals surface area contributed by atoms with E-state index in [-0.39, 0.29) is 17.6 Å². The molecule has 0 radical (unpaired) electrons. The molecule has 0 aliphatic rings. The molecule has 2 aromatic rings. The first-order chi connectivity index (χ1) is 9.74. The van der Waals surface area contributed by atoms with Crippen LogP contribution < -0.4 is 10.1 Å². The van der Waals surface area contributed by atoms with Crippen molar-refractivity contribution in [2.24, 2.45) is 0 Å². The minimum Gasteiger partial charge on any atom is -0.494 e. The van der Waals surface area contributed by atoms with Crippen molar-refractivity contribution >= 4 is 0 Å². The summed E-state index contributed by atoms with van der Waals surface area (Å²) >= 11 is 0. The number of hydrogen-bond donors (Lipinski definition) is 1. The Hall–Kier alpha value is -1.94. The molecule has 3 nitrogen and oxygen atoms in total. The molecule has 1 atom stereocenters. The van der Waals surface area contributed by atoms with E-state index in [1.54, 1.807) is 18.3 Å². The Morgan fingerprint density at radius 1 is 1.35 bits per heavy atom. The predicted octanol–water partition coefficient (Wildman–Crippen LogP) is 3.12. The lowest BCUT2D eigenvalue weighted by Gasteiger charge is -2.19.